The van der Waals surface area contributed by atoms with Gasteiger partial charge in [0.25, 0.3) is 0 Å². The first-order valence-electron chi connectivity index (χ1n) is 11.4. The molecule has 2 aliphatic carbocycles. The number of rotatable bonds is 3. The van der Waals surface area contributed by atoms with Crippen LogP contribution in [0.3, 0.4) is 0 Å². The van der Waals surface area contributed by atoms with Gasteiger partial charge in [0.2, 0.25) is 0 Å². The first-order valence-corrected chi connectivity index (χ1v) is 11.4. The van der Waals surface area contributed by atoms with Crippen LogP contribution in [-0.4, -0.2) is 39.0 Å². The van der Waals surface area contributed by atoms with Crippen molar-refractivity contribution in [2.75, 3.05) is 5.32 Å². The van der Waals surface area contributed by atoms with Crippen LogP contribution >= 0.6 is 0 Å². The third kappa shape index (κ3) is 3.62. The molecule has 2 aromatic carbocycles. The summed E-state index contributed by atoms with van der Waals surface area (Å²) in [5.41, 5.74) is 6.36. The molecule has 5 rings (SSSR count). The smallest absolute Gasteiger partial charge is 0.198 e. The lowest BCUT2D eigenvalue weighted by atomic mass is 9.80. The van der Waals surface area contributed by atoms with Crippen LogP contribution in [0.5, 0.6) is 5.75 Å². The molecule has 6 N–H and O–H groups in total. The Morgan fingerprint density at radius 3 is 2.43 bits per heavy atom. The lowest BCUT2D eigenvalue weighted by Crippen LogP contribution is -2.38. The summed E-state index contributed by atoms with van der Waals surface area (Å²) in [7, 11) is 0. The number of phenols is 1. The molecule has 0 unspecified atom stereocenters. The number of hydrogen-bond acceptors (Lipinski definition) is 7. The van der Waals surface area contributed by atoms with Gasteiger partial charge in [0.05, 0.1) is 29.0 Å². The van der Waals surface area contributed by atoms with Crippen LogP contribution < -0.4 is 11.1 Å². The monoisotopic (exact) mass is 468 g/mol. The number of aromatic hydroxyl groups is 1. The van der Waals surface area contributed by atoms with Gasteiger partial charge in [-0.05, 0) is 55.7 Å². The van der Waals surface area contributed by atoms with Gasteiger partial charge in [-0.25, -0.2) is 0 Å². The summed E-state index contributed by atoms with van der Waals surface area (Å²) in [6.07, 6.45) is 2.42. The Balaban J connectivity index is 1.77. The number of nitrogens with two attached hydrogens (primary N) is 1. The Bertz CT molecular complexity index is 1430. The van der Waals surface area contributed by atoms with E-state index >= 15 is 0 Å². The van der Waals surface area contributed by atoms with E-state index in [-0.39, 0.29) is 40.0 Å². The maximum atomic E-state index is 13.8. The molecule has 1 aliphatic heterocycles. The van der Waals surface area contributed by atoms with Crippen LogP contribution in [0, 0.1) is 29.1 Å². The molecule has 1 saturated carbocycles. The number of nitrogens with one attached hydrogen (secondary N) is 1. The maximum absolute atomic E-state index is 13.8. The first kappa shape index (κ1) is 22.9. The van der Waals surface area contributed by atoms with Crippen LogP contribution in [0.15, 0.2) is 36.4 Å². The van der Waals surface area contributed by atoms with Crippen molar-refractivity contribution in [3.8, 4) is 29.4 Å². The number of allylic oxidation sites excluding steroid dienone is 2. The predicted molar refractivity (Wildman–Crippen MR) is 130 cm³/mol. The molecule has 0 spiro atoms. The van der Waals surface area contributed by atoms with Crippen LogP contribution in [-0.2, 0) is 6.54 Å². The standard InChI is InChI=1S/C28H24N2O5/c1-15(31)28(10-11-28)22-7-5-3-2-4-6-20(32)19-13-21(33)23-24(25(19)30-22)27(35)18-12-16(14-29)8-9-17(18)26(23)34/h2-3,8-9,12-13,15,20,22,30-33H,10-11,14,29H2,1H3/b3-2-/t15-,20-,22+/m1/s1. The Kier molecular flexibility index (Phi) is 5.50. The molecule has 2 aromatic rings. The summed E-state index contributed by atoms with van der Waals surface area (Å²) in [6.45, 7) is 1.88. The van der Waals surface area contributed by atoms with Gasteiger partial charge in [0, 0.05) is 28.7 Å². The topological polar surface area (TPSA) is 133 Å². The molecule has 7 heteroatoms. The molecule has 176 valence electrons. The quantitative estimate of drug-likeness (QED) is 0.294. The van der Waals surface area contributed by atoms with Crippen LogP contribution in [0.2, 0.25) is 0 Å². The number of carbonyl (C=O) groups is 2. The predicted octanol–water partition coefficient (Wildman–Crippen LogP) is 2.18. The molecule has 0 saturated heterocycles. The van der Waals surface area contributed by atoms with E-state index in [4.69, 9.17) is 5.73 Å². The van der Waals surface area contributed by atoms with Gasteiger partial charge in [-0.2, -0.15) is 0 Å². The van der Waals surface area contributed by atoms with E-state index in [0.29, 0.717) is 18.4 Å². The van der Waals surface area contributed by atoms with Crippen molar-refractivity contribution in [1.82, 2.24) is 0 Å². The third-order valence-electron chi connectivity index (χ3n) is 7.12. The summed E-state index contributed by atoms with van der Waals surface area (Å²) >= 11 is 0. The lowest BCUT2D eigenvalue weighted by molar-refractivity contribution is 0.0976. The van der Waals surface area contributed by atoms with Gasteiger partial charge in [0.15, 0.2) is 11.6 Å². The second kappa shape index (κ2) is 8.41. The zero-order chi connectivity index (χ0) is 24.9. The molecule has 35 heavy (non-hydrogen) atoms. The normalized spacial score (nSPS) is 23.0. The zero-order valence-electron chi connectivity index (χ0n) is 19.1. The van der Waals surface area contributed by atoms with Crippen molar-refractivity contribution in [3.05, 3.63) is 69.8 Å². The largest absolute Gasteiger partial charge is 0.507 e. The van der Waals surface area contributed by atoms with E-state index in [0.717, 1.165) is 0 Å². The van der Waals surface area contributed by atoms with E-state index < -0.39 is 41.0 Å². The Morgan fingerprint density at radius 1 is 1.09 bits per heavy atom. The van der Waals surface area contributed by atoms with Crippen molar-refractivity contribution in [3.63, 3.8) is 0 Å². The number of fused-ring (bicyclic) bond motifs is 4. The molecule has 7 nitrogen and oxygen atoms in total. The fourth-order valence-electron chi connectivity index (χ4n) is 4.87. The van der Waals surface area contributed by atoms with Crippen LogP contribution in [0.4, 0.5) is 5.69 Å². The number of aliphatic hydroxyl groups is 2. The van der Waals surface area contributed by atoms with Crippen LogP contribution in [0.25, 0.3) is 0 Å². The SMILES string of the molecule is C[C@@H](O)C1([C@@H]2C#C/C=C\C#C[C@@H](O)c3cc(O)c4c(c3N2)C(=O)c2cc(CN)ccc2C4=O)CC1. The second-order valence-corrected chi connectivity index (χ2v) is 9.15. The van der Waals surface area contributed by atoms with Crippen LogP contribution in [0.1, 0.15) is 68.8 Å². The zero-order valence-corrected chi connectivity index (χ0v) is 19.1. The van der Waals surface area contributed by atoms with Gasteiger partial charge in [-0.15, -0.1) is 0 Å². The van der Waals surface area contributed by atoms with E-state index in [1.165, 1.54) is 18.2 Å². The van der Waals surface area contributed by atoms with Crippen molar-refractivity contribution < 1.29 is 24.9 Å². The van der Waals surface area contributed by atoms with E-state index in [2.05, 4.69) is 29.0 Å². The molecule has 0 aromatic heterocycles. The molecule has 0 radical (unpaired) electrons. The second-order valence-electron chi connectivity index (χ2n) is 9.15. The molecule has 0 amide bonds. The molecular weight excluding hydrogens is 444 g/mol. The fraction of sp³-hybridized carbons (Fsp3) is 0.286. The number of benzene rings is 2. The van der Waals surface area contributed by atoms with Gasteiger partial charge in [-0.3, -0.25) is 9.59 Å². The van der Waals surface area contributed by atoms with Gasteiger partial charge >= 0.3 is 0 Å². The van der Waals surface area contributed by atoms with Gasteiger partial charge in [0.1, 0.15) is 11.9 Å². The molecule has 0 bridgehead atoms. The summed E-state index contributed by atoms with van der Waals surface area (Å²) in [6, 6.07) is 5.46. The average molecular weight is 469 g/mol. The summed E-state index contributed by atoms with van der Waals surface area (Å²) in [4.78, 5) is 27.3. The lowest BCUT2D eigenvalue weighted by Gasteiger charge is -2.31. The highest BCUT2D eigenvalue weighted by atomic mass is 16.3. The van der Waals surface area contributed by atoms with E-state index in [1.807, 2.05) is 0 Å². The highest BCUT2D eigenvalue weighted by molar-refractivity contribution is 6.31. The minimum absolute atomic E-state index is 0.0482. The number of aliphatic hydroxyl groups excluding tert-OH is 2. The molecule has 1 heterocycles. The van der Waals surface area contributed by atoms with Gasteiger partial charge < -0.3 is 26.4 Å². The summed E-state index contributed by atoms with van der Waals surface area (Å²) < 4.78 is 0. The van der Waals surface area contributed by atoms with Crippen molar-refractivity contribution >= 4 is 17.3 Å². The molecule has 1 fully saturated rings. The Labute approximate surface area is 202 Å². The first-order chi connectivity index (χ1) is 16.8. The number of ketones is 2. The highest BCUT2D eigenvalue weighted by Gasteiger charge is 2.53. The molecular formula is C28H24N2O5. The third-order valence-corrected chi connectivity index (χ3v) is 7.12. The molecule has 3 aliphatic rings. The molecule has 3 atom stereocenters. The fourth-order valence-corrected chi connectivity index (χ4v) is 4.87. The van der Waals surface area contributed by atoms with E-state index in [9.17, 15) is 24.9 Å². The van der Waals surface area contributed by atoms with E-state index in [1.54, 1.807) is 25.1 Å². The maximum Gasteiger partial charge on any atom is 0.198 e. The summed E-state index contributed by atoms with van der Waals surface area (Å²) in [5.74, 6) is 10.00. The minimum atomic E-state index is -1.36. The van der Waals surface area contributed by atoms with Crippen molar-refractivity contribution in [1.29, 1.82) is 0 Å². The minimum Gasteiger partial charge on any atom is -0.507 e. The van der Waals surface area contributed by atoms with Crippen molar-refractivity contribution in [2.45, 2.75) is 44.6 Å². The highest BCUT2D eigenvalue weighted by Crippen LogP contribution is 2.53. The van der Waals surface area contributed by atoms with Gasteiger partial charge in [-0.1, -0.05) is 29.7 Å². The summed E-state index contributed by atoms with van der Waals surface area (Å²) in [5, 5.41) is 35.5. The number of phenolic OH excluding ortho intramolecular Hbond substituents is 1. The number of hydrogen-bond donors (Lipinski definition) is 5. The number of carbonyl (C=O) groups excluding carboxylic acids is 2. The Hall–Kier alpha value is -3.88. The van der Waals surface area contributed by atoms with Crippen molar-refractivity contribution in [2.24, 2.45) is 11.1 Å². The average Bonchev–Trinajstić information content (AvgIpc) is 3.65. The Morgan fingerprint density at radius 2 is 1.77 bits per heavy atom. The number of anilines is 1.